The van der Waals surface area contributed by atoms with Crippen molar-refractivity contribution in [3.63, 3.8) is 0 Å². The summed E-state index contributed by atoms with van der Waals surface area (Å²) in [6.07, 6.45) is -3.54. The van der Waals surface area contributed by atoms with Crippen LogP contribution in [0.15, 0.2) is 34.3 Å². The number of nitrogens with one attached hydrogen (secondary N) is 8. The maximum atomic E-state index is 14.4. The maximum Gasteiger partial charge on any atom is 0.326 e. The number of phenols is 1. The van der Waals surface area contributed by atoms with Gasteiger partial charge in [-0.05, 0) is 101 Å². The molecule has 10 atom stereocenters. The van der Waals surface area contributed by atoms with Gasteiger partial charge in [-0.25, -0.2) is 4.79 Å². The Balaban J connectivity index is 3.58. The number of carbonyl (C=O) groups excluding carboxylic acids is 9. The van der Waals surface area contributed by atoms with Gasteiger partial charge in [-0.1, -0.05) is 26.0 Å². The van der Waals surface area contributed by atoms with Crippen molar-refractivity contribution in [2.75, 3.05) is 26.2 Å². The Morgan fingerprint density at radius 3 is 1.40 bits per heavy atom. The first-order chi connectivity index (χ1) is 39.0. The smallest absolute Gasteiger partial charge is 0.326 e. The first-order valence-corrected chi connectivity index (χ1v) is 26.8. The van der Waals surface area contributed by atoms with Crippen molar-refractivity contribution in [3.05, 3.63) is 29.8 Å². The Morgan fingerprint density at radius 1 is 0.518 bits per heavy atom. The molecule has 9 amide bonds. The minimum atomic E-state index is -1.94. The third kappa shape index (κ3) is 29.7. The van der Waals surface area contributed by atoms with Crippen LogP contribution in [-0.4, -0.2) is 189 Å². The van der Waals surface area contributed by atoms with Gasteiger partial charge in [-0.15, -0.1) is 0 Å². The molecule has 0 aliphatic carbocycles. The number of aliphatic carboxylic acids is 2. The number of benzene rings is 1. The lowest BCUT2D eigenvalue weighted by molar-refractivity contribution is -0.143. The second-order valence-corrected chi connectivity index (χ2v) is 19.9. The van der Waals surface area contributed by atoms with Crippen LogP contribution in [0.2, 0.25) is 0 Å². The molecule has 0 aliphatic rings. The molecule has 0 saturated heterocycles. The van der Waals surface area contributed by atoms with Gasteiger partial charge in [0, 0.05) is 32.4 Å². The molecule has 0 heterocycles. The van der Waals surface area contributed by atoms with Gasteiger partial charge in [-0.2, -0.15) is 0 Å². The number of aliphatic imine (C=N–C) groups is 2. The Labute approximate surface area is 479 Å². The summed E-state index contributed by atoms with van der Waals surface area (Å²) in [5.74, 6) is -12.9. The van der Waals surface area contributed by atoms with Crippen LogP contribution in [0.25, 0.3) is 0 Å². The van der Waals surface area contributed by atoms with E-state index >= 15 is 0 Å². The second-order valence-electron chi connectivity index (χ2n) is 19.9. The Bertz CT molecular complexity index is 2390. The van der Waals surface area contributed by atoms with E-state index in [1.807, 2.05) is 0 Å². The Hall–Kier alpha value is -8.43. The topological polar surface area (TPSA) is 592 Å². The average molecular weight is 1180 g/mol. The molecular weight excluding hydrogens is 1090 g/mol. The molecule has 0 fully saturated rings. The molecule has 27 N–H and O–H groups in total. The summed E-state index contributed by atoms with van der Waals surface area (Å²) in [6, 6.07) is -8.78. The second kappa shape index (κ2) is 38.3. The fraction of sp³-hybridized carbons (Fsp3) is 0.620. The number of carbonyl (C=O) groups is 11. The number of amides is 9. The number of guanidine groups is 2. The predicted octanol–water partition coefficient (Wildman–Crippen LogP) is -6.99. The lowest BCUT2D eigenvalue weighted by atomic mass is 10.0. The summed E-state index contributed by atoms with van der Waals surface area (Å²) in [6.45, 7) is 3.60. The minimum absolute atomic E-state index is 0.0303. The molecule has 33 heteroatoms. The SMILES string of the molecule is CC(C)C[C@H](NC(=O)[C@H](CCC(=O)O)NC(=O)[C@@H](NC(=O)[C@H](CO)NC(=O)[C@H](CCCCN)NC(=O)[C@H](CCC(N)=O)NC(=O)[C@H](Cc1ccc(O)cc1)NC(=O)[C@H](CCCN=C(N)N)NC(=O)[C@@H](N)CCCN=C(N)N)[C@@H](C)O)C(=O)O. The standard InChI is InChI=1S/C50H85N17O16/c1-25(2)22-35(48(82)83)65-44(78)33(16-18-38(72)73)63-47(81)39(26(3)69)67-46(80)36(24-68)66-42(76)30(9-4-5-19-51)61-43(77)32(15-17-37(53)71)62-45(79)34(23-27-11-13-28(70)14-12-27)64-41(75)31(10-7-21-59-50(56)57)60-40(74)29(52)8-6-20-58-49(54)55/h11-14,25-26,29-36,39,68-70H,4-10,15-24,51-52H2,1-3H3,(H2,53,71)(H,60,74)(H,61,77)(H,62,79)(H,63,81)(H,64,75)(H,65,78)(H,66,76)(H,67,80)(H,72,73)(H,82,83)(H4,54,55,58)(H4,56,57,59)/t26-,29+,30+,31+,32+,33+,34+,35+,36+,39+/m1/s1. The van der Waals surface area contributed by atoms with Crippen molar-refractivity contribution in [2.24, 2.45) is 56.0 Å². The van der Waals surface area contributed by atoms with Crippen molar-refractivity contribution in [3.8, 4) is 5.75 Å². The lowest BCUT2D eigenvalue weighted by Crippen LogP contribution is -2.62. The quantitative estimate of drug-likeness (QED) is 0.0165. The summed E-state index contributed by atoms with van der Waals surface area (Å²) in [7, 11) is 0. The number of hydrogen-bond acceptors (Lipinski definition) is 18. The van der Waals surface area contributed by atoms with Gasteiger partial charge >= 0.3 is 11.9 Å². The number of nitrogens with zero attached hydrogens (tertiary/aromatic N) is 2. The highest BCUT2D eigenvalue weighted by Crippen LogP contribution is 2.14. The third-order valence-corrected chi connectivity index (χ3v) is 12.3. The molecular formula is C50H85N17O16. The largest absolute Gasteiger partial charge is 0.508 e. The number of nitrogens with two attached hydrogens (primary N) is 7. The van der Waals surface area contributed by atoms with Gasteiger partial charge in [0.2, 0.25) is 53.2 Å². The van der Waals surface area contributed by atoms with Crippen molar-refractivity contribution < 1.29 is 78.3 Å². The van der Waals surface area contributed by atoms with Crippen molar-refractivity contribution in [1.82, 2.24) is 42.5 Å². The highest BCUT2D eigenvalue weighted by Gasteiger charge is 2.36. The van der Waals surface area contributed by atoms with E-state index in [4.69, 9.17) is 40.1 Å². The number of carboxylic acid groups (broad SMARTS) is 2. The van der Waals surface area contributed by atoms with Gasteiger partial charge < -0.3 is 108 Å². The summed E-state index contributed by atoms with van der Waals surface area (Å²) in [5, 5.41) is 68.8. The van der Waals surface area contributed by atoms with Gasteiger partial charge in [0.1, 0.15) is 54.1 Å². The molecule has 0 aromatic heterocycles. The molecule has 1 aromatic rings. The van der Waals surface area contributed by atoms with Gasteiger partial charge in [0.15, 0.2) is 11.9 Å². The monoisotopic (exact) mass is 1180 g/mol. The number of primary amides is 1. The van der Waals surface area contributed by atoms with E-state index in [0.717, 1.165) is 6.92 Å². The average Bonchev–Trinajstić information content (AvgIpc) is 3.41. The van der Waals surface area contributed by atoms with Crippen LogP contribution in [0.4, 0.5) is 0 Å². The number of aromatic hydroxyl groups is 1. The molecule has 0 unspecified atom stereocenters. The van der Waals surface area contributed by atoms with E-state index in [0.29, 0.717) is 18.4 Å². The predicted molar refractivity (Wildman–Crippen MR) is 299 cm³/mol. The molecule has 1 rings (SSSR count). The van der Waals surface area contributed by atoms with E-state index in [1.54, 1.807) is 13.8 Å². The van der Waals surface area contributed by atoms with E-state index < -0.39 is 158 Å². The molecule has 1 aromatic carbocycles. The van der Waals surface area contributed by atoms with Gasteiger partial charge in [0.25, 0.3) is 0 Å². The lowest BCUT2D eigenvalue weighted by Gasteiger charge is -2.28. The number of aliphatic hydroxyl groups is 2. The van der Waals surface area contributed by atoms with Crippen LogP contribution in [0, 0.1) is 5.92 Å². The van der Waals surface area contributed by atoms with Crippen LogP contribution in [0.1, 0.15) is 103 Å². The number of unbranched alkanes of at least 4 members (excludes halogenated alkanes) is 1. The molecule has 0 saturated carbocycles. The first-order valence-electron chi connectivity index (χ1n) is 26.8. The highest BCUT2D eigenvalue weighted by molar-refractivity contribution is 5.98. The molecule has 0 aliphatic heterocycles. The van der Waals surface area contributed by atoms with Gasteiger partial charge in [0.05, 0.1) is 18.8 Å². The molecule has 83 heavy (non-hydrogen) atoms. The van der Waals surface area contributed by atoms with E-state index in [1.165, 1.54) is 24.3 Å². The zero-order chi connectivity index (χ0) is 62.9. The fourth-order valence-electron chi connectivity index (χ4n) is 7.80. The van der Waals surface area contributed by atoms with Crippen LogP contribution >= 0.6 is 0 Å². The van der Waals surface area contributed by atoms with Crippen LogP contribution in [-0.2, 0) is 59.2 Å². The highest BCUT2D eigenvalue weighted by atomic mass is 16.4. The van der Waals surface area contributed by atoms with Crippen LogP contribution in [0.3, 0.4) is 0 Å². The fourth-order valence-corrected chi connectivity index (χ4v) is 7.80. The van der Waals surface area contributed by atoms with E-state index in [9.17, 15) is 78.3 Å². The normalized spacial score (nSPS) is 14.6. The number of hydrogen-bond donors (Lipinski definition) is 20. The minimum Gasteiger partial charge on any atom is -0.508 e. The molecule has 0 spiro atoms. The van der Waals surface area contributed by atoms with Crippen molar-refractivity contribution in [1.29, 1.82) is 0 Å². The summed E-state index contributed by atoms with van der Waals surface area (Å²) >= 11 is 0. The van der Waals surface area contributed by atoms with E-state index in [2.05, 4.69) is 52.5 Å². The summed E-state index contributed by atoms with van der Waals surface area (Å²) in [4.78, 5) is 154. The maximum absolute atomic E-state index is 14.4. The zero-order valence-electron chi connectivity index (χ0n) is 46.8. The van der Waals surface area contributed by atoms with Gasteiger partial charge in [-0.3, -0.25) is 57.9 Å². The van der Waals surface area contributed by atoms with Crippen LogP contribution < -0.4 is 82.7 Å². The van der Waals surface area contributed by atoms with Crippen LogP contribution in [0.5, 0.6) is 5.75 Å². The Kier molecular flexibility index (Phi) is 33.5. The van der Waals surface area contributed by atoms with E-state index in [-0.39, 0.29) is 88.2 Å². The number of rotatable bonds is 41. The number of aliphatic hydroxyl groups excluding tert-OH is 2. The van der Waals surface area contributed by atoms with Crippen molar-refractivity contribution in [2.45, 2.75) is 165 Å². The summed E-state index contributed by atoms with van der Waals surface area (Å²) < 4.78 is 0. The molecule has 0 bridgehead atoms. The zero-order valence-corrected chi connectivity index (χ0v) is 46.8. The molecule has 33 nitrogen and oxygen atoms in total. The third-order valence-electron chi connectivity index (χ3n) is 12.3. The Morgan fingerprint density at radius 2 is 0.940 bits per heavy atom. The first kappa shape index (κ1) is 72.6. The molecule has 0 radical (unpaired) electrons. The summed E-state index contributed by atoms with van der Waals surface area (Å²) in [5.41, 5.74) is 39.3. The number of carboxylic acids is 2. The van der Waals surface area contributed by atoms with Crippen molar-refractivity contribution >= 4 is 77.0 Å². The molecule has 466 valence electrons. The number of phenolic OH excluding ortho intramolecular Hbond substituents is 1.